The number of ether oxygens (including phenoxy) is 2. The second-order valence-electron chi connectivity index (χ2n) is 9.99. The van der Waals surface area contributed by atoms with Gasteiger partial charge in [0.25, 0.3) is 5.91 Å². The number of hydrogen-bond donors (Lipinski definition) is 2. The van der Waals surface area contributed by atoms with Crippen molar-refractivity contribution in [1.29, 1.82) is 0 Å². The van der Waals surface area contributed by atoms with E-state index in [1.165, 1.54) is 32.7 Å². The van der Waals surface area contributed by atoms with Crippen molar-refractivity contribution >= 4 is 67.9 Å². The van der Waals surface area contributed by atoms with E-state index in [1.807, 2.05) is 4.90 Å². The molecule has 5 rings (SSSR count). The number of rotatable bonds is 9. The van der Waals surface area contributed by atoms with Crippen LogP contribution in [0.25, 0.3) is 10.2 Å². The number of anilines is 3. The van der Waals surface area contributed by atoms with E-state index in [0.29, 0.717) is 23.3 Å². The first-order valence-electron chi connectivity index (χ1n) is 13.6. The molecular formula is C29H29Cl2F3N6O3S. The summed E-state index contributed by atoms with van der Waals surface area (Å²) < 4.78 is 53.5. The van der Waals surface area contributed by atoms with Gasteiger partial charge in [0.1, 0.15) is 27.9 Å². The summed E-state index contributed by atoms with van der Waals surface area (Å²) in [5.74, 6) is 0.184. The van der Waals surface area contributed by atoms with E-state index in [2.05, 4.69) is 32.4 Å². The molecule has 1 fully saturated rings. The van der Waals surface area contributed by atoms with Crippen LogP contribution < -0.4 is 20.1 Å². The number of thiophene rings is 1. The molecule has 3 heterocycles. The fourth-order valence-electron chi connectivity index (χ4n) is 4.97. The second-order valence-corrected chi connectivity index (χ2v) is 11.6. The minimum Gasteiger partial charge on any atom is -0.495 e. The molecule has 0 unspecified atom stereocenters. The van der Waals surface area contributed by atoms with Crippen LogP contribution in [-0.2, 0) is 12.7 Å². The largest absolute Gasteiger partial charge is 0.495 e. The number of piperazine rings is 1. The van der Waals surface area contributed by atoms with Crippen molar-refractivity contribution in [2.45, 2.75) is 19.6 Å². The number of benzene rings is 2. The number of carbonyl (C=O) groups is 1. The summed E-state index contributed by atoms with van der Waals surface area (Å²) in [5, 5.41) is 7.41. The molecule has 0 aliphatic carbocycles. The first-order chi connectivity index (χ1) is 21.0. The van der Waals surface area contributed by atoms with Gasteiger partial charge in [-0.3, -0.25) is 9.69 Å². The van der Waals surface area contributed by atoms with Gasteiger partial charge in [0.15, 0.2) is 5.82 Å². The predicted molar refractivity (Wildman–Crippen MR) is 167 cm³/mol. The summed E-state index contributed by atoms with van der Waals surface area (Å²) in [6.45, 7) is 6.29. The van der Waals surface area contributed by atoms with Crippen molar-refractivity contribution in [2.75, 3.05) is 57.6 Å². The maximum atomic E-state index is 14.2. The molecule has 2 aromatic carbocycles. The standard InChI is InChI=1S/C29H29Cl2F3N6O3S/c1-4-39-7-9-40(10-8-39)13-16-5-6-17(11-19(16)29(32,33)34)37-27-26-24(35-15-36-27)18(14-44-26)28(41)38-25-22(30)20(42-2)12-21(43-3)23(25)31/h5-6,11-12,14-15H,4,7-10,13H2,1-3H3,(H,38,41)(H,35,36,37). The van der Waals surface area contributed by atoms with Gasteiger partial charge < -0.3 is 25.0 Å². The van der Waals surface area contributed by atoms with E-state index < -0.39 is 17.6 Å². The van der Waals surface area contributed by atoms with Crippen LogP contribution in [0, 0.1) is 0 Å². The molecule has 0 saturated carbocycles. The zero-order valence-corrected chi connectivity index (χ0v) is 26.3. The molecule has 44 heavy (non-hydrogen) atoms. The van der Waals surface area contributed by atoms with E-state index in [4.69, 9.17) is 32.7 Å². The van der Waals surface area contributed by atoms with Gasteiger partial charge >= 0.3 is 6.18 Å². The number of amides is 1. The quantitative estimate of drug-likeness (QED) is 0.194. The zero-order chi connectivity index (χ0) is 31.6. The maximum absolute atomic E-state index is 14.2. The van der Waals surface area contributed by atoms with Crippen molar-refractivity contribution in [3.8, 4) is 11.5 Å². The normalized spacial score (nSPS) is 14.5. The summed E-state index contributed by atoms with van der Waals surface area (Å²) in [6, 6.07) is 5.68. The second kappa shape index (κ2) is 13.3. The van der Waals surface area contributed by atoms with Crippen LogP contribution in [0.15, 0.2) is 36.0 Å². The van der Waals surface area contributed by atoms with Gasteiger partial charge in [-0.25, -0.2) is 9.97 Å². The van der Waals surface area contributed by atoms with Gasteiger partial charge in [-0.1, -0.05) is 36.2 Å². The Bertz CT molecular complexity index is 1650. The van der Waals surface area contributed by atoms with Crippen LogP contribution in [0.5, 0.6) is 11.5 Å². The van der Waals surface area contributed by atoms with E-state index in [1.54, 1.807) is 11.4 Å². The Labute approximate surface area is 265 Å². The van der Waals surface area contributed by atoms with Crippen LogP contribution in [0.2, 0.25) is 10.0 Å². The highest BCUT2D eigenvalue weighted by molar-refractivity contribution is 7.18. The highest BCUT2D eigenvalue weighted by Crippen LogP contribution is 2.44. The topological polar surface area (TPSA) is 91.9 Å². The van der Waals surface area contributed by atoms with Crippen molar-refractivity contribution in [3.63, 3.8) is 0 Å². The minimum atomic E-state index is -4.54. The number of likely N-dealkylation sites (N-methyl/N-ethyl adjacent to an activating group) is 1. The lowest BCUT2D eigenvalue weighted by molar-refractivity contribution is -0.138. The van der Waals surface area contributed by atoms with Gasteiger partial charge in [-0.15, -0.1) is 11.3 Å². The number of nitrogens with one attached hydrogen (secondary N) is 2. The Balaban J connectivity index is 1.40. The van der Waals surface area contributed by atoms with Crippen molar-refractivity contribution in [3.05, 3.63) is 62.7 Å². The Hall–Kier alpha value is -3.36. The van der Waals surface area contributed by atoms with Gasteiger partial charge in [-0.05, 0) is 24.2 Å². The molecule has 1 aliphatic rings. The number of hydrogen-bond acceptors (Lipinski definition) is 9. The number of carbonyl (C=O) groups excluding carboxylic acids is 1. The van der Waals surface area contributed by atoms with Crippen molar-refractivity contribution in [1.82, 2.24) is 19.8 Å². The van der Waals surface area contributed by atoms with Crippen LogP contribution >= 0.6 is 34.5 Å². The SMILES string of the molecule is CCN1CCN(Cc2ccc(Nc3ncnc4c(C(=O)Nc5c(Cl)c(OC)cc(OC)c5Cl)csc34)cc2C(F)(F)F)CC1. The number of methoxy groups -OCH3 is 2. The lowest BCUT2D eigenvalue weighted by Gasteiger charge is -2.34. The molecule has 1 aliphatic heterocycles. The van der Waals surface area contributed by atoms with Crippen molar-refractivity contribution in [2.24, 2.45) is 0 Å². The van der Waals surface area contributed by atoms with Crippen LogP contribution in [0.3, 0.4) is 0 Å². The summed E-state index contributed by atoms with van der Waals surface area (Å²) in [4.78, 5) is 26.2. The summed E-state index contributed by atoms with van der Waals surface area (Å²) in [7, 11) is 2.83. The highest BCUT2D eigenvalue weighted by atomic mass is 35.5. The van der Waals surface area contributed by atoms with Gasteiger partial charge in [-0.2, -0.15) is 13.2 Å². The number of nitrogens with zero attached hydrogens (tertiary/aromatic N) is 4. The fraction of sp³-hybridized carbons (Fsp3) is 0.345. The van der Waals surface area contributed by atoms with E-state index in [-0.39, 0.29) is 56.4 Å². The van der Waals surface area contributed by atoms with Crippen LogP contribution in [-0.4, -0.2) is 72.6 Å². The Morgan fingerprint density at radius 2 is 1.68 bits per heavy atom. The third kappa shape index (κ3) is 6.66. The first-order valence-corrected chi connectivity index (χ1v) is 15.2. The number of halogens is 5. The average Bonchev–Trinajstić information content (AvgIpc) is 3.45. The van der Waals surface area contributed by atoms with E-state index in [0.717, 1.165) is 37.0 Å². The molecule has 234 valence electrons. The zero-order valence-electron chi connectivity index (χ0n) is 24.0. The summed E-state index contributed by atoms with van der Waals surface area (Å²) >= 11 is 14.0. The molecule has 2 N–H and O–H groups in total. The lowest BCUT2D eigenvalue weighted by atomic mass is 10.0. The highest BCUT2D eigenvalue weighted by Gasteiger charge is 2.34. The molecule has 0 bridgehead atoms. The van der Waals surface area contributed by atoms with Crippen molar-refractivity contribution < 1.29 is 27.4 Å². The lowest BCUT2D eigenvalue weighted by Crippen LogP contribution is -2.45. The molecule has 0 radical (unpaired) electrons. The first kappa shape index (κ1) is 32.0. The molecule has 1 saturated heterocycles. The molecule has 0 atom stereocenters. The van der Waals surface area contributed by atoms with E-state index in [9.17, 15) is 18.0 Å². The molecule has 0 spiro atoms. The molecule has 2 aromatic heterocycles. The Kier molecular flexibility index (Phi) is 9.71. The molecule has 1 amide bonds. The van der Waals surface area contributed by atoms with Crippen LogP contribution in [0.1, 0.15) is 28.4 Å². The number of aromatic nitrogens is 2. The Morgan fingerprint density at radius 1 is 1.02 bits per heavy atom. The third-order valence-corrected chi connectivity index (χ3v) is 9.12. The van der Waals surface area contributed by atoms with Gasteiger partial charge in [0.2, 0.25) is 0 Å². The van der Waals surface area contributed by atoms with E-state index >= 15 is 0 Å². The summed E-state index contributed by atoms with van der Waals surface area (Å²) in [5.41, 5.74) is 0.290. The summed E-state index contributed by atoms with van der Waals surface area (Å²) in [6.07, 6.45) is -3.31. The third-order valence-electron chi connectivity index (χ3n) is 7.39. The number of fused-ring (bicyclic) bond motifs is 1. The fourth-order valence-corrected chi connectivity index (χ4v) is 6.51. The van der Waals surface area contributed by atoms with Crippen LogP contribution in [0.4, 0.5) is 30.4 Å². The smallest absolute Gasteiger partial charge is 0.416 e. The molecule has 4 aromatic rings. The molecule has 9 nitrogen and oxygen atoms in total. The average molecular weight is 670 g/mol. The Morgan fingerprint density at radius 3 is 2.30 bits per heavy atom. The minimum absolute atomic E-state index is 0.0790. The van der Waals surface area contributed by atoms with Gasteiger partial charge in [0.05, 0.1) is 41.3 Å². The maximum Gasteiger partial charge on any atom is 0.416 e. The molecule has 15 heteroatoms. The molecular weight excluding hydrogens is 640 g/mol. The monoisotopic (exact) mass is 668 g/mol. The number of alkyl halides is 3. The van der Waals surface area contributed by atoms with Gasteiger partial charge in [0, 0.05) is 49.9 Å². The predicted octanol–water partition coefficient (Wildman–Crippen LogP) is 7.17.